The van der Waals surface area contributed by atoms with Crippen LogP contribution < -0.4 is 0 Å². The summed E-state index contributed by atoms with van der Waals surface area (Å²) in [5.74, 6) is 2.62. The van der Waals surface area contributed by atoms with Crippen molar-refractivity contribution in [2.24, 2.45) is 11.8 Å². The summed E-state index contributed by atoms with van der Waals surface area (Å²) in [5, 5.41) is -3.39. The first kappa shape index (κ1) is 21.0. The van der Waals surface area contributed by atoms with Gasteiger partial charge in [-0.3, -0.25) is 4.79 Å². The molecular formula is C16H25F3O4S2. The Balaban J connectivity index is 0.000000217. The first-order valence-corrected chi connectivity index (χ1v) is 11.8. The Hall–Kier alpha value is -0.280. The van der Waals surface area contributed by atoms with Crippen LogP contribution in [0.15, 0.2) is 0 Å². The Kier molecular flexibility index (Phi) is 6.87. The molecule has 4 nitrogen and oxygen atoms in total. The lowest BCUT2D eigenvalue weighted by Gasteiger charge is -2.27. The summed E-state index contributed by atoms with van der Waals surface area (Å²) in [7, 11) is -5.42. The van der Waals surface area contributed by atoms with Crippen LogP contribution in [-0.4, -0.2) is 47.4 Å². The van der Waals surface area contributed by atoms with Gasteiger partial charge in [0, 0.05) is 18.8 Å². The number of fused-ring (bicyclic) bond motifs is 2. The van der Waals surface area contributed by atoms with Crippen LogP contribution in [0.4, 0.5) is 13.2 Å². The zero-order valence-corrected chi connectivity index (χ0v) is 15.9. The second-order valence-electron chi connectivity index (χ2n) is 7.25. The molecule has 5 unspecified atom stereocenters. The molecular weight excluding hydrogens is 377 g/mol. The van der Waals surface area contributed by atoms with Crippen molar-refractivity contribution in [2.45, 2.75) is 67.1 Å². The molecule has 3 aliphatic rings. The standard InChI is InChI=1S/C14H23OS.C2H3F3O3S/c1-16(13-5-3-2-4-12(13)15)14-9-10-6-7-11(14)8-10;3-1-2(4,5)9(6,7)8/h10-11,13-14H,2-9H2,1H3;1H2,(H,6,7,8)/q+1;/p-1. The van der Waals surface area contributed by atoms with Gasteiger partial charge < -0.3 is 4.55 Å². The molecule has 0 N–H and O–H groups in total. The van der Waals surface area contributed by atoms with Gasteiger partial charge in [0.15, 0.2) is 27.8 Å². The lowest BCUT2D eigenvalue weighted by Crippen LogP contribution is -2.41. The number of hydrogen-bond acceptors (Lipinski definition) is 4. The molecule has 2 bridgehead atoms. The van der Waals surface area contributed by atoms with Crippen LogP contribution >= 0.6 is 0 Å². The monoisotopic (exact) mass is 402 g/mol. The minimum absolute atomic E-state index is 0.389. The number of alkyl halides is 3. The molecule has 0 saturated heterocycles. The lowest BCUT2D eigenvalue weighted by molar-refractivity contribution is -0.119. The molecule has 0 aromatic heterocycles. The summed E-state index contributed by atoms with van der Waals surface area (Å²) in [4.78, 5) is 12.0. The number of carbonyl (C=O) groups excluding carboxylic acids is 1. The van der Waals surface area contributed by atoms with Gasteiger partial charge in [-0.15, -0.1) is 0 Å². The topological polar surface area (TPSA) is 74.3 Å². The van der Waals surface area contributed by atoms with Gasteiger partial charge in [0.2, 0.25) is 0 Å². The molecule has 5 atom stereocenters. The number of rotatable bonds is 4. The zero-order chi connectivity index (χ0) is 18.8. The van der Waals surface area contributed by atoms with Gasteiger partial charge in [0.1, 0.15) is 5.25 Å². The van der Waals surface area contributed by atoms with Gasteiger partial charge in [0.25, 0.3) is 0 Å². The van der Waals surface area contributed by atoms with Crippen LogP contribution in [0.1, 0.15) is 51.4 Å². The number of ketones is 1. The van der Waals surface area contributed by atoms with Crippen LogP contribution in [0.25, 0.3) is 0 Å². The van der Waals surface area contributed by atoms with E-state index in [0.717, 1.165) is 29.9 Å². The third-order valence-electron chi connectivity index (χ3n) is 5.62. The Morgan fingerprint density at radius 1 is 1.20 bits per heavy atom. The number of halogens is 3. The Bertz CT molecular complexity index is 582. The molecule has 0 radical (unpaired) electrons. The van der Waals surface area contributed by atoms with E-state index < -0.39 is 22.0 Å². The minimum atomic E-state index is -5.81. The van der Waals surface area contributed by atoms with Crippen LogP contribution in [0.5, 0.6) is 0 Å². The molecule has 0 heterocycles. The molecule has 25 heavy (non-hydrogen) atoms. The summed E-state index contributed by atoms with van der Waals surface area (Å²) in [6.07, 6.45) is 12.8. The smallest absolute Gasteiger partial charge is 0.362 e. The molecule has 9 heteroatoms. The lowest BCUT2D eigenvalue weighted by atomic mass is 9.99. The van der Waals surface area contributed by atoms with Crippen LogP contribution in [0.3, 0.4) is 0 Å². The van der Waals surface area contributed by atoms with Crippen LogP contribution in [-0.2, 0) is 25.8 Å². The van der Waals surface area contributed by atoms with Crippen molar-refractivity contribution in [3.8, 4) is 0 Å². The van der Waals surface area contributed by atoms with Crippen LogP contribution in [0, 0.1) is 11.8 Å². The van der Waals surface area contributed by atoms with E-state index in [1.165, 1.54) is 38.5 Å². The second kappa shape index (κ2) is 8.17. The number of hydrogen-bond donors (Lipinski definition) is 0. The molecule has 3 saturated carbocycles. The molecule has 0 aromatic carbocycles. The number of carbonyl (C=O) groups is 1. The van der Waals surface area contributed by atoms with Crippen molar-refractivity contribution in [1.82, 2.24) is 0 Å². The third-order valence-corrected chi connectivity index (χ3v) is 9.39. The maximum absolute atomic E-state index is 12.0. The minimum Gasteiger partial charge on any atom is -0.743 e. The van der Waals surface area contributed by atoms with Gasteiger partial charge in [-0.05, 0) is 55.3 Å². The van der Waals surface area contributed by atoms with Crippen molar-refractivity contribution >= 4 is 26.8 Å². The Labute approximate surface area is 150 Å². The van der Waals surface area contributed by atoms with Gasteiger partial charge in [0.05, 0.1) is 6.26 Å². The van der Waals surface area contributed by atoms with E-state index in [1.807, 2.05) is 0 Å². The Morgan fingerprint density at radius 2 is 1.88 bits per heavy atom. The highest BCUT2D eigenvalue weighted by molar-refractivity contribution is 7.98. The van der Waals surface area contributed by atoms with Crippen molar-refractivity contribution in [3.05, 3.63) is 0 Å². The van der Waals surface area contributed by atoms with Gasteiger partial charge >= 0.3 is 5.25 Å². The molecule has 3 rings (SSSR count). The van der Waals surface area contributed by atoms with Crippen molar-refractivity contribution in [1.29, 1.82) is 0 Å². The Morgan fingerprint density at radius 3 is 2.28 bits per heavy atom. The zero-order valence-electron chi connectivity index (χ0n) is 14.3. The predicted octanol–water partition coefficient (Wildman–Crippen LogP) is 3.03. The highest BCUT2D eigenvalue weighted by atomic mass is 32.2. The average molecular weight is 403 g/mol. The van der Waals surface area contributed by atoms with E-state index in [-0.39, 0.29) is 0 Å². The third kappa shape index (κ3) is 4.91. The first-order chi connectivity index (χ1) is 11.6. The molecule has 3 aliphatic carbocycles. The summed E-state index contributed by atoms with van der Waals surface area (Å²) in [6, 6.07) is 0. The fourth-order valence-corrected chi connectivity index (χ4v) is 7.32. The molecule has 0 aromatic rings. The van der Waals surface area contributed by atoms with Crippen molar-refractivity contribution in [3.63, 3.8) is 0 Å². The predicted molar refractivity (Wildman–Crippen MR) is 90.4 cm³/mol. The first-order valence-electron chi connectivity index (χ1n) is 8.62. The average Bonchev–Trinajstić information content (AvgIpc) is 3.17. The highest BCUT2D eigenvalue weighted by Crippen LogP contribution is 2.48. The number of Topliss-reactive ketones (excluding diaryl/α,β-unsaturated/α-hetero) is 1. The summed E-state index contributed by atoms with van der Waals surface area (Å²) in [6.45, 7) is -2.47. The summed E-state index contributed by atoms with van der Waals surface area (Å²) >= 11 is 0. The second-order valence-corrected chi connectivity index (χ2v) is 11.1. The fourth-order valence-electron chi connectivity index (χ4n) is 4.26. The van der Waals surface area contributed by atoms with E-state index >= 15 is 0 Å². The summed E-state index contributed by atoms with van der Waals surface area (Å²) < 4.78 is 61.7. The summed E-state index contributed by atoms with van der Waals surface area (Å²) in [5.41, 5.74) is 0. The quantitative estimate of drug-likeness (QED) is 0.535. The molecule has 0 spiro atoms. The fraction of sp³-hybridized carbons (Fsp3) is 0.938. The SMILES string of the molecule is C[S+](C1CCCCC1=O)C1CC2CCC1C2.O=S(=O)([O-])C(F)(F)CF. The normalized spacial score (nSPS) is 33.7. The van der Waals surface area contributed by atoms with Gasteiger partial charge in [-0.2, -0.15) is 8.78 Å². The van der Waals surface area contributed by atoms with E-state index in [2.05, 4.69) is 6.26 Å². The van der Waals surface area contributed by atoms with Gasteiger partial charge in [-0.25, -0.2) is 12.8 Å². The molecule has 0 aliphatic heterocycles. The molecule has 3 fully saturated rings. The van der Waals surface area contributed by atoms with E-state index in [0.29, 0.717) is 21.9 Å². The largest absolute Gasteiger partial charge is 0.743 e. The van der Waals surface area contributed by atoms with E-state index in [4.69, 9.17) is 0 Å². The maximum atomic E-state index is 12.0. The highest BCUT2D eigenvalue weighted by Gasteiger charge is 2.51. The van der Waals surface area contributed by atoms with Gasteiger partial charge in [-0.1, -0.05) is 0 Å². The van der Waals surface area contributed by atoms with Crippen molar-refractivity contribution in [2.75, 3.05) is 12.9 Å². The molecule has 0 amide bonds. The van der Waals surface area contributed by atoms with E-state index in [1.54, 1.807) is 0 Å². The molecule has 146 valence electrons. The maximum Gasteiger partial charge on any atom is 0.362 e. The van der Waals surface area contributed by atoms with Crippen LogP contribution in [0.2, 0.25) is 0 Å². The van der Waals surface area contributed by atoms with E-state index in [9.17, 15) is 30.9 Å². The van der Waals surface area contributed by atoms with Crippen molar-refractivity contribution < 1.29 is 30.9 Å².